The van der Waals surface area contributed by atoms with Crippen molar-refractivity contribution >= 4 is 32.5 Å². The van der Waals surface area contributed by atoms with E-state index < -0.39 is 0 Å². The van der Waals surface area contributed by atoms with Crippen LogP contribution in [0.4, 0.5) is 0 Å². The molecule has 0 radical (unpaired) electrons. The highest BCUT2D eigenvalue weighted by Crippen LogP contribution is 2.46. The molecular weight excluding hydrogens is 348 g/mol. The number of hydrogen-bond acceptors (Lipinski definition) is 4. The number of halogens is 1. The minimum atomic E-state index is -0.108. The zero-order chi connectivity index (χ0) is 15.9. The highest BCUT2D eigenvalue weighted by atomic mass is 79.9. The molecular formula is C17H17BrO4. The fraction of sp³-hybridized carbons (Fsp3) is 0.294. The molecule has 0 bridgehead atoms. The molecule has 0 aromatic heterocycles. The Kier molecular flexibility index (Phi) is 4.02. The summed E-state index contributed by atoms with van der Waals surface area (Å²) in [4.78, 5) is 0. The summed E-state index contributed by atoms with van der Waals surface area (Å²) >= 11 is 3.44. The van der Waals surface area contributed by atoms with Gasteiger partial charge in [-0.05, 0) is 23.6 Å². The van der Waals surface area contributed by atoms with Gasteiger partial charge in [-0.2, -0.15) is 0 Å². The lowest BCUT2D eigenvalue weighted by Crippen LogP contribution is -2.19. The molecule has 4 nitrogen and oxygen atoms in total. The monoisotopic (exact) mass is 364 g/mol. The van der Waals surface area contributed by atoms with Crippen molar-refractivity contribution in [3.05, 3.63) is 39.9 Å². The highest BCUT2D eigenvalue weighted by molar-refractivity contribution is 9.10. The second-order valence-corrected chi connectivity index (χ2v) is 6.05. The maximum atomic E-state index is 10.6. The average molecular weight is 365 g/mol. The van der Waals surface area contributed by atoms with Gasteiger partial charge in [0.2, 0.25) is 0 Å². The van der Waals surface area contributed by atoms with Crippen LogP contribution in [0.15, 0.2) is 28.7 Å². The smallest absolute Gasteiger partial charge is 0.166 e. The van der Waals surface area contributed by atoms with Crippen LogP contribution < -0.4 is 4.74 Å². The topological polar surface area (TPSA) is 47.9 Å². The summed E-state index contributed by atoms with van der Waals surface area (Å²) < 4.78 is 17.4. The number of benzene rings is 2. The predicted molar refractivity (Wildman–Crippen MR) is 89.4 cm³/mol. The molecule has 1 N–H and O–H groups in total. The van der Waals surface area contributed by atoms with Crippen molar-refractivity contribution in [2.24, 2.45) is 0 Å². The van der Waals surface area contributed by atoms with Crippen LogP contribution in [0.3, 0.4) is 0 Å². The molecule has 0 saturated carbocycles. The molecule has 0 amide bonds. The minimum absolute atomic E-state index is 0.108. The molecule has 2 aromatic carbocycles. The molecule has 22 heavy (non-hydrogen) atoms. The van der Waals surface area contributed by atoms with Crippen LogP contribution in [0.25, 0.3) is 16.5 Å². The van der Waals surface area contributed by atoms with E-state index in [9.17, 15) is 5.11 Å². The molecule has 0 heterocycles. The van der Waals surface area contributed by atoms with E-state index in [1.54, 1.807) is 21.3 Å². The minimum Gasteiger partial charge on any atom is -0.504 e. The van der Waals surface area contributed by atoms with Crippen LogP contribution in [-0.2, 0) is 15.9 Å². The van der Waals surface area contributed by atoms with E-state index in [4.69, 9.17) is 14.2 Å². The lowest BCUT2D eigenvalue weighted by atomic mass is 9.88. The fourth-order valence-corrected chi connectivity index (χ4v) is 3.36. The summed E-state index contributed by atoms with van der Waals surface area (Å²) in [5, 5.41) is 12.3. The largest absolute Gasteiger partial charge is 0.504 e. The van der Waals surface area contributed by atoms with Crippen molar-refractivity contribution in [2.45, 2.75) is 12.5 Å². The molecule has 5 heteroatoms. The molecule has 0 saturated heterocycles. The van der Waals surface area contributed by atoms with Gasteiger partial charge < -0.3 is 19.3 Å². The molecule has 0 fully saturated rings. The van der Waals surface area contributed by atoms with Gasteiger partial charge in [-0.1, -0.05) is 22.0 Å². The lowest BCUT2D eigenvalue weighted by Gasteiger charge is -2.26. The maximum Gasteiger partial charge on any atom is 0.166 e. The number of fused-ring (bicyclic) bond motifs is 3. The van der Waals surface area contributed by atoms with E-state index in [0.717, 1.165) is 32.1 Å². The summed E-state index contributed by atoms with van der Waals surface area (Å²) in [6.45, 7) is 0. The van der Waals surface area contributed by atoms with Crippen LogP contribution in [0.2, 0.25) is 0 Å². The van der Waals surface area contributed by atoms with Crippen molar-refractivity contribution in [2.75, 3.05) is 21.3 Å². The summed E-state index contributed by atoms with van der Waals surface area (Å²) in [5.41, 5.74) is 1.86. The Hall–Kier alpha value is -1.72. The standard InChI is InChI=1S/C17H17BrO4/c1-20-10-7-13-15(14(8-10)21-2)11-5-4-9(18)6-12(11)16(19)17(13)22-3/h4-6,8,10,19H,7H2,1-3H3. The SMILES string of the molecule is COC1=CC(OC)Cc2c(OC)c(O)c3cc(Br)ccc3c21. The number of phenols is 1. The number of ether oxygens (including phenoxy) is 3. The molecule has 1 atom stereocenters. The van der Waals surface area contributed by atoms with Gasteiger partial charge in [0.25, 0.3) is 0 Å². The summed E-state index contributed by atoms with van der Waals surface area (Å²) in [6, 6.07) is 5.80. The molecule has 0 spiro atoms. The molecule has 2 aromatic rings. The van der Waals surface area contributed by atoms with Crippen LogP contribution in [0, 0.1) is 0 Å². The molecule has 1 aliphatic rings. The molecule has 3 rings (SSSR count). The third-order valence-electron chi connectivity index (χ3n) is 4.01. The Morgan fingerprint density at radius 1 is 1.14 bits per heavy atom. The first-order chi connectivity index (χ1) is 10.6. The first kappa shape index (κ1) is 15.2. The molecule has 1 aliphatic carbocycles. The average Bonchev–Trinajstić information content (AvgIpc) is 2.54. The number of hydrogen-bond donors (Lipinski definition) is 1. The third kappa shape index (κ3) is 2.25. The van der Waals surface area contributed by atoms with Crippen LogP contribution >= 0.6 is 15.9 Å². The highest BCUT2D eigenvalue weighted by Gasteiger charge is 2.28. The second-order valence-electron chi connectivity index (χ2n) is 5.14. The maximum absolute atomic E-state index is 10.6. The fourth-order valence-electron chi connectivity index (χ4n) is 3.00. The first-order valence-electron chi connectivity index (χ1n) is 6.90. The third-order valence-corrected chi connectivity index (χ3v) is 4.51. The van der Waals surface area contributed by atoms with E-state index in [-0.39, 0.29) is 11.9 Å². The van der Waals surface area contributed by atoms with Crippen molar-refractivity contribution in [1.29, 1.82) is 0 Å². The van der Waals surface area contributed by atoms with Crippen molar-refractivity contribution < 1.29 is 19.3 Å². The Morgan fingerprint density at radius 3 is 2.55 bits per heavy atom. The van der Waals surface area contributed by atoms with E-state index in [1.165, 1.54) is 0 Å². The first-order valence-corrected chi connectivity index (χ1v) is 7.70. The van der Waals surface area contributed by atoms with Crippen LogP contribution in [-0.4, -0.2) is 32.5 Å². The zero-order valence-electron chi connectivity index (χ0n) is 12.6. The van der Waals surface area contributed by atoms with E-state index >= 15 is 0 Å². The summed E-state index contributed by atoms with van der Waals surface area (Å²) in [5.74, 6) is 1.36. The Bertz CT molecular complexity index is 767. The Labute approximate surface area is 137 Å². The molecule has 116 valence electrons. The van der Waals surface area contributed by atoms with Crippen LogP contribution in [0.5, 0.6) is 11.5 Å². The van der Waals surface area contributed by atoms with Crippen molar-refractivity contribution in [3.63, 3.8) is 0 Å². The van der Waals surface area contributed by atoms with E-state index in [0.29, 0.717) is 12.2 Å². The van der Waals surface area contributed by atoms with Crippen molar-refractivity contribution in [1.82, 2.24) is 0 Å². The number of rotatable bonds is 3. The summed E-state index contributed by atoms with van der Waals surface area (Å²) in [6.07, 6.45) is 2.48. The second kappa shape index (κ2) is 5.82. The van der Waals surface area contributed by atoms with Gasteiger partial charge in [0, 0.05) is 34.5 Å². The Balaban J connectivity index is 2.42. The number of methoxy groups -OCH3 is 3. The van der Waals surface area contributed by atoms with Gasteiger partial charge in [-0.25, -0.2) is 0 Å². The van der Waals surface area contributed by atoms with Gasteiger partial charge >= 0.3 is 0 Å². The van der Waals surface area contributed by atoms with Gasteiger partial charge in [-0.3, -0.25) is 0 Å². The van der Waals surface area contributed by atoms with Gasteiger partial charge in [0.05, 0.1) is 20.3 Å². The predicted octanol–water partition coefficient (Wildman–Crippen LogP) is 3.87. The van der Waals surface area contributed by atoms with Gasteiger partial charge in [-0.15, -0.1) is 0 Å². The van der Waals surface area contributed by atoms with E-state index in [2.05, 4.69) is 15.9 Å². The van der Waals surface area contributed by atoms with Gasteiger partial charge in [0.1, 0.15) is 5.76 Å². The quantitative estimate of drug-likeness (QED) is 0.897. The zero-order valence-corrected chi connectivity index (χ0v) is 14.2. The lowest BCUT2D eigenvalue weighted by molar-refractivity contribution is 0.137. The Morgan fingerprint density at radius 2 is 1.91 bits per heavy atom. The molecule has 1 unspecified atom stereocenters. The van der Waals surface area contributed by atoms with Crippen molar-refractivity contribution in [3.8, 4) is 11.5 Å². The van der Waals surface area contributed by atoms with Crippen LogP contribution in [0.1, 0.15) is 11.1 Å². The number of phenolic OH excluding ortho intramolecular Hbond substituents is 1. The summed E-state index contributed by atoms with van der Waals surface area (Å²) in [7, 11) is 4.85. The number of aromatic hydroxyl groups is 1. The van der Waals surface area contributed by atoms with Gasteiger partial charge in [0.15, 0.2) is 11.5 Å². The van der Waals surface area contributed by atoms with E-state index in [1.807, 2.05) is 24.3 Å². The molecule has 0 aliphatic heterocycles. The normalized spacial score (nSPS) is 17.1.